The standard InChI is InChI=1S/C38H48O9S2/c1-20(2)9-12-45-31-17-27(34(41)38(44-4)36(31)43)37-35(42)28-19-49-48-14-10-21(3)5-6-22-15-26-32(24-8-7-23(40)16-25(22)24)29(46-13-11-39)18-30(47-37)33(26)28/h7-8,16-18,20-22,28,35,37,39-43H,5-6,9-15,19H2,1-4H3. The molecule has 0 amide bonds. The average Bonchev–Trinajstić information content (AvgIpc) is 3.08. The van der Waals surface area contributed by atoms with Gasteiger partial charge in [-0.05, 0) is 78.3 Å². The van der Waals surface area contributed by atoms with Gasteiger partial charge in [-0.3, -0.25) is 0 Å². The minimum atomic E-state index is -1.07. The summed E-state index contributed by atoms with van der Waals surface area (Å²) in [5.41, 5.74) is 5.15. The number of rotatable bonds is 9. The molecule has 5 N–H and O–H groups in total. The first-order valence-corrected chi connectivity index (χ1v) is 19.7. The molecule has 0 aromatic heterocycles. The molecule has 9 nitrogen and oxygen atoms in total. The molecule has 0 saturated heterocycles. The van der Waals surface area contributed by atoms with Crippen LogP contribution in [0.1, 0.15) is 86.6 Å². The Hall–Kier alpha value is -3.12. The van der Waals surface area contributed by atoms with Crippen molar-refractivity contribution in [2.24, 2.45) is 11.8 Å². The van der Waals surface area contributed by atoms with Crippen LogP contribution in [0.4, 0.5) is 0 Å². The summed E-state index contributed by atoms with van der Waals surface area (Å²) < 4.78 is 24.3. The zero-order valence-electron chi connectivity index (χ0n) is 28.6. The van der Waals surface area contributed by atoms with Crippen molar-refractivity contribution in [3.05, 3.63) is 52.6 Å². The van der Waals surface area contributed by atoms with Gasteiger partial charge >= 0.3 is 0 Å². The van der Waals surface area contributed by atoms with Crippen molar-refractivity contribution < 1.29 is 44.5 Å². The third-order valence-corrected chi connectivity index (χ3v) is 12.5. The van der Waals surface area contributed by atoms with E-state index in [0.29, 0.717) is 42.1 Å². The first-order valence-electron chi connectivity index (χ1n) is 17.2. The first kappa shape index (κ1) is 35.7. The summed E-state index contributed by atoms with van der Waals surface area (Å²) in [5.74, 6) is 2.93. The van der Waals surface area contributed by atoms with Crippen LogP contribution in [0.15, 0.2) is 30.3 Å². The number of hydrogen-bond donors (Lipinski definition) is 5. The molecule has 11 heteroatoms. The number of ether oxygens (including phenoxy) is 4. The fraction of sp³-hybridized carbons (Fsp3) is 0.526. The lowest BCUT2D eigenvalue weighted by Gasteiger charge is -2.41. The predicted molar refractivity (Wildman–Crippen MR) is 194 cm³/mol. The van der Waals surface area contributed by atoms with E-state index in [0.717, 1.165) is 59.3 Å². The van der Waals surface area contributed by atoms with Crippen LogP contribution in [-0.4, -0.2) is 70.1 Å². The van der Waals surface area contributed by atoms with E-state index in [4.69, 9.17) is 18.9 Å². The second-order valence-electron chi connectivity index (χ2n) is 13.8. The molecular formula is C38H48O9S2. The van der Waals surface area contributed by atoms with Crippen LogP contribution >= 0.6 is 21.6 Å². The molecule has 266 valence electrons. The average molecular weight is 713 g/mol. The second kappa shape index (κ2) is 15.4. The minimum Gasteiger partial charge on any atom is -0.508 e. The van der Waals surface area contributed by atoms with E-state index in [2.05, 4.69) is 20.8 Å². The molecule has 2 aliphatic heterocycles. The summed E-state index contributed by atoms with van der Waals surface area (Å²) in [4.78, 5) is 0. The number of fused-ring (bicyclic) bond motifs is 4. The first-order chi connectivity index (χ1) is 23.6. The Bertz CT molecular complexity index is 1640. The molecule has 1 aliphatic carbocycles. The van der Waals surface area contributed by atoms with Crippen LogP contribution in [-0.2, 0) is 6.42 Å². The Morgan fingerprint density at radius 2 is 1.73 bits per heavy atom. The lowest BCUT2D eigenvalue weighted by Crippen LogP contribution is -2.37. The highest BCUT2D eigenvalue weighted by Gasteiger charge is 2.44. The molecule has 2 bridgehead atoms. The molecule has 6 rings (SSSR count). The molecule has 0 fully saturated rings. The van der Waals surface area contributed by atoms with Crippen molar-refractivity contribution in [2.45, 2.75) is 76.9 Å². The van der Waals surface area contributed by atoms with Gasteiger partial charge in [0.05, 0.1) is 20.3 Å². The van der Waals surface area contributed by atoms with Crippen LogP contribution in [0.25, 0.3) is 11.1 Å². The van der Waals surface area contributed by atoms with Crippen molar-refractivity contribution in [3.63, 3.8) is 0 Å². The highest BCUT2D eigenvalue weighted by Crippen LogP contribution is 2.58. The van der Waals surface area contributed by atoms with Crippen molar-refractivity contribution in [1.82, 2.24) is 0 Å². The fourth-order valence-corrected chi connectivity index (χ4v) is 9.94. The van der Waals surface area contributed by atoms with E-state index < -0.39 is 12.2 Å². The molecule has 0 spiro atoms. The second-order valence-corrected chi connectivity index (χ2v) is 16.5. The van der Waals surface area contributed by atoms with Gasteiger partial charge in [0.15, 0.2) is 17.6 Å². The number of phenolic OH excluding ortho intramolecular Hbond substituents is 3. The Kier molecular flexibility index (Phi) is 11.2. The number of hydrogen-bond acceptors (Lipinski definition) is 11. The molecule has 0 saturated carbocycles. The number of aromatic hydroxyl groups is 3. The van der Waals surface area contributed by atoms with Gasteiger partial charge in [0.25, 0.3) is 0 Å². The summed E-state index contributed by atoms with van der Waals surface area (Å²) in [5, 5.41) is 55.0. The zero-order chi connectivity index (χ0) is 34.8. The predicted octanol–water partition coefficient (Wildman–Crippen LogP) is 7.69. The molecule has 3 aromatic rings. The normalized spacial score (nSPS) is 23.4. The van der Waals surface area contributed by atoms with Gasteiger partial charge in [0.2, 0.25) is 11.5 Å². The van der Waals surface area contributed by atoms with Crippen LogP contribution in [0.2, 0.25) is 0 Å². The van der Waals surface area contributed by atoms with Crippen LogP contribution in [0.3, 0.4) is 0 Å². The lowest BCUT2D eigenvalue weighted by atomic mass is 9.71. The maximum absolute atomic E-state index is 12.3. The Morgan fingerprint density at radius 3 is 2.49 bits per heavy atom. The molecule has 3 aromatic carbocycles. The highest BCUT2D eigenvalue weighted by atomic mass is 33.1. The van der Waals surface area contributed by atoms with Crippen LogP contribution in [0.5, 0.6) is 40.2 Å². The molecule has 2 heterocycles. The van der Waals surface area contributed by atoms with E-state index in [1.165, 1.54) is 13.2 Å². The molecule has 5 unspecified atom stereocenters. The molecule has 0 radical (unpaired) electrons. The summed E-state index contributed by atoms with van der Waals surface area (Å²) in [6, 6.07) is 8.88. The zero-order valence-corrected chi connectivity index (χ0v) is 30.2. The van der Waals surface area contributed by atoms with E-state index in [1.807, 2.05) is 18.2 Å². The Balaban J connectivity index is 1.53. The Morgan fingerprint density at radius 1 is 0.939 bits per heavy atom. The maximum atomic E-state index is 12.3. The van der Waals surface area contributed by atoms with Gasteiger partial charge in [-0.1, -0.05) is 54.8 Å². The SMILES string of the molecule is COc1c(O)c(OCCC(C)C)cc(C2Oc3cc(OCCO)c4c5c3C(CSSCCC(C)CCC(C5)c3cc(O)ccc3-4)C2O)c1O. The van der Waals surface area contributed by atoms with Gasteiger partial charge in [-0.15, -0.1) is 0 Å². The maximum Gasteiger partial charge on any atom is 0.207 e. The smallest absolute Gasteiger partial charge is 0.207 e. The molecule has 3 aliphatic rings. The number of aliphatic hydroxyl groups excluding tert-OH is 2. The summed E-state index contributed by atoms with van der Waals surface area (Å²) in [6.45, 7) is 6.72. The monoisotopic (exact) mass is 712 g/mol. The quantitative estimate of drug-likeness (QED) is 0.140. The van der Waals surface area contributed by atoms with Gasteiger partial charge in [0.1, 0.15) is 30.0 Å². The van der Waals surface area contributed by atoms with Crippen molar-refractivity contribution in [2.75, 3.05) is 38.4 Å². The number of methoxy groups -OCH3 is 1. The molecule has 49 heavy (non-hydrogen) atoms. The van der Waals surface area contributed by atoms with Crippen molar-refractivity contribution >= 4 is 21.6 Å². The van der Waals surface area contributed by atoms with E-state index in [-0.39, 0.29) is 59.4 Å². The van der Waals surface area contributed by atoms with Crippen LogP contribution in [0, 0.1) is 11.8 Å². The number of aliphatic hydroxyl groups is 2. The topological polar surface area (TPSA) is 138 Å². The van der Waals surface area contributed by atoms with Gasteiger partial charge < -0.3 is 44.5 Å². The minimum absolute atomic E-state index is 0.0780. The lowest BCUT2D eigenvalue weighted by molar-refractivity contribution is 0.00290. The van der Waals surface area contributed by atoms with Gasteiger partial charge in [-0.2, -0.15) is 0 Å². The molecule has 5 atom stereocenters. The molecular weight excluding hydrogens is 665 g/mol. The van der Waals surface area contributed by atoms with E-state index in [9.17, 15) is 25.5 Å². The summed E-state index contributed by atoms with van der Waals surface area (Å²) >= 11 is 0. The third kappa shape index (κ3) is 7.22. The van der Waals surface area contributed by atoms with Gasteiger partial charge in [0, 0.05) is 40.2 Å². The van der Waals surface area contributed by atoms with Gasteiger partial charge in [-0.25, -0.2) is 0 Å². The van der Waals surface area contributed by atoms with E-state index >= 15 is 0 Å². The number of benzene rings is 3. The highest BCUT2D eigenvalue weighted by molar-refractivity contribution is 8.76. The third-order valence-electron chi connectivity index (χ3n) is 10.0. The summed E-state index contributed by atoms with van der Waals surface area (Å²) in [7, 11) is 4.90. The van der Waals surface area contributed by atoms with Crippen molar-refractivity contribution in [3.8, 4) is 51.4 Å². The van der Waals surface area contributed by atoms with Crippen LogP contribution < -0.4 is 18.9 Å². The number of phenols is 3. The Labute approximate surface area is 296 Å². The summed E-state index contributed by atoms with van der Waals surface area (Å²) in [6.07, 6.45) is 2.43. The largest absolute Gasteiger partial charge is 0.508 e. The van der Waals surface area contributed by atoms with Crippen molar-refractivity contribution in [1.29, 1.82) is 0 Å². The fourth-order valence-electron chi connectivity index (χ4n) is 7.35. The van der Waals surface area contributed by atoms with E-state index in [1.54, 1.807) is 27.7 Å².